The van der Waals surface area contributed by atoms with Gasteiger partial charge in [-0.05, 0) is 5.56 Å². The number of hydrogen-bond acceptors (Lipinski definition) is 3. The van der Waals surface area contributed by atoms with Gasteiger partial charge in [0, 0.05) is 18.4 Å². The summed E-state index contributed by atoms with van der Waals surface area (Å²) < 4.78 is 5.14. The summed E-state index contributed by atoms with van der Waals surface area (Å²) in [4.78, 5) is 0. The second kappa shape index (κ2) is 4.94. The molecule has 0 fully saturated rings. The van der Waals surface area contributed by atoms with Crippen LogP contribution in [0.3, 0.4) is 0 Å². The highest BCUT2D eigenvalue weighted by molar-refractivity contribution is 5.27. The molecule has 1 unspecified atom stereocenters. The number of rotatable bonds is 4. The maximum Gasteiger partial charge on any atom is 0.139 e. The molecule has 1 aromatic heterocycles. The van der Waals surface area contributed by atoms with Crippen LogP contribution in [0.1, 0.15) is 29.9 Å². The fraction of sp³-hybridized carbons (Fsp3) is 0.308. The van der Waals surface area contributed by atoms with E-state index in [1.165, 1.54) is 5.56 Å². The zero-order chi connectivity index (χ0) is 11.4. The standard InChI is InChI=1S/C13H15NO2/c1-10(11-5-3-2-4-6-11)13-9-12(7-8-15)16-14-13/h2-6,9-10,15H,7-8H2,1H3. The van der Waals surface area contributed by atoms with Crippen LogP contribution in [-0.4, -0.2) is 16.9 Å². The van der Waals surface area contributed by atoms with E-state index in [4.69, 9.17) is 9.63 Å². The normalized spacial score (nSPS) is 12.6. The molecule has 3 nitrogen and oxygen atoms in total. The summed E-state index contributed by atoms with van der Waals surface area (Å²) in [7, 11) is 0. The predicted molar refractivity (Wildman–Crippen MR) is 61.3 cm³/mol. The first kappa shape index (κ1) is 10.9. The van der Waals surface area contributed by atoms with Crippen molar-refractivity contribution in [3.63, 3.8) is 0 Å². The van der Waals surface area contributed by atoms with Crippen LogP contribution in [0.15, 0.2) is 40.9 Å². The van der Waals surface area contributed by atoms with Gasteiger partial charge in [-0.15, -0.1) is 0 Å². The Morgan fingerprint density at radius 2 is 2.06 bits per heavy atom. The summed E-state index contributed by atoms with van der Waals surface area (Å²) in [5.74, 6) is 0.956. The fourth-order valence-electron chi connectivity index (χ4n) is 1.67. The van der Waals surface area contributed by atoms with Gasteiger partial charge in [0.15, 0.2) is 0 Å². The number of hydrogen-bond donors (Lipinski definition) is 1. The Labute approximate surface area is 94.7 Å². The van der Waals surface area contributed by atoms with E-state index in [-0.39, 0.29) is 12.5 Å². The highest BCUT2D eigenvalue weighted by Crippen LogP contribution is 2.23. The molecule has 3 heteroatoms. The van der Waals surface area contributed by atoms with Gasteiger partial charge in [0.1, 0.15) is 5.76 Å². The molecular formula is C13H15NO2. The average Bonchev–Trinajstić information content (AvgIpc) is 2.78. The topological polar surface area (TPSA) is 46.3 Å². The van der Waals surface area contributed by atoms with Crippen LogP contribution in [0.5, 0.6) is 0 Å². The highest BCUT2D eigenvalue weighted by Gasteiger charge is 2.13. The first-order valence-corrected chi connectivity index (χ1v) is 5.42. The van der Waals surface area contributed by atoms with Gasteiger partial charge in [0.05, 0.1) is 12.3 Å². The third-order valence-electron chi connectivity index (χ3n) is 2.68. The van der Waals surface area contributed by atoms with E-state index in [2.05, 4.69) is 24.2 Å². The van der Waals surface area contributed by atoms with E-state index in [9.17, 15) is 0 Å². The highest BCUT2D eigenvalue weighted by atomic mass is 16.5. The predicted octanol–water partition coefficient (Wildman–Crippen LogP) is 2.36. The molecule has 0 radical (unpaired) electrons. The van der Waals surface area contributed by atoms with Crippen molar-refractivity contribution in [3.05, 3.63) is 53.4 Å². The minimum absolute atomic E-state index is 0.0916. The first-order valence-electron chi connectivity index (χ1n) is 5.42. The van der Waals surface area contributed by atoms with Gasteiger partial charge in [-0.2, -0.15) is 0 Å². The van der Waals surface area contributed by atoms with Crippen molar-refractivity contribution in [2.45, 2.75) is 19.3 Å². The fourth-order valence-corrected chi connectivity index (χ4v) is 1.67. The van der Waals surface area contributed by atoms with Gasteiger partial charge in [-0.25, -0.2) is 0 Å². The molecule has 0 amide bonds. The molecule has 0 bridgehead atoms. The van der Waals surface area contributed by atoms with Gasteiger partial charge >= 0.3 is 0 Å². The minimum atomic E-state index is 0.0916. The molecule has 0 aliphatic carbocycles. The molecule has 0 aliphatic heterocycles. The summed E-state index contributed by atoms with van der Waals surface area (Å²) in [5, 5.41) is 12.8. The first-order chi connectivity index (χ1) is 7.81. The summed E-state index contributed by atoms with van der Waals surface area (Å²) in [6.45, 7) is 2.18. The van der Waals surface area contributed by atoms with Gasteiger partial charge in [0.25, 0.3) is 0 Å². The van der Waals surface area contributed by atoms with Gasteiger partial charge in [-0.1, -0.05) is 42.4 Å². The Hall–Kier alpha value is -1.61. The molecule has 84 valence electrons. The molecule has 0 aliphatic rings. The van der Waals surface area contributed by atoms with Crippen LogP contribution in [-0.2, 0) is 6.42 Å². The van der Waals surface area contributed by atoms with E-state index in [1.807, 2.05) is 24.3 Å². The van der Waals surface area contributed by atoms with Crippen molar-refractivity contribution in [2.24, 2.45) is 0 Å². The van der Waals surface area contributed by atoms with E-state index >= 15 is 0 Å². The second-order valence-electron chi connectivity index (χ2n) is 3.82. The molecule has 1 atom stereocenters. The molecule has 0 saturated heterocycles. The van der Waals surface area contributed by atoms with Crippen LogP contribution in [0.2, 0.25) is 0 Å². The van der Waals surface area contributed by atoms with E-state index < -0.39 is 0 Å². The number of benzene rings is 1. The number of nitrogens with zero attached hydrogens (tertiary/aromatic N) is 1. The lowest BCUT2D eigenvalue weighted by Crippen LogP contribution is -1.95. The van der Waals surface area contributed by atoms with Crippen molar-refractivity contribution in [3.8, 4) is 0 Å². The molecule has 1 N–H and O–H groups in total. The molecule has 2 rings (SSSR count). The van der Waals surface area contributed by atoms with Crippen molar-refractivity contribution < 1.29 is 9.63 Å². The van der Waals surface area contributed by atoms with E-state index in [1.54, 1.807) is 0 Å². The van der Waals surface area contributed by atoms with Crippen LogP contribution in [0.4, 0.5) is 0 Å². The van der Waals surface area contributed by atoms with Crippen LogP contribution in [0.25, 0.3) is 0 Å². The van der Waals surface area contributed by atoms with Gasteiger partial charge in [-0.3, -0.25) is 0 Å². The quantitative estimate of drug-likeness (QED) is 0.855. The largest absolute Gasteiger partial charge is 0.396 e. The second-order valence-corrected chi connectivity index (χ2v) is 3.82. The maximum absolute atomic E-state index is 8.80. The lowest BCUT2D eigenvalue weighted by molar-refractivity contribution is 0.276. The summed E-state index contributed by atoms with van der Waals surface area (Å²) >= 11 is 0. The Morgan fingerprint density at radius 1 is 1.31 bits per heavy atom. The third kappa shape index (κ3) is 2.31. The number of aromatic nitrogens is 1. The van der Waals surface area contributed by atoms with E-state index in [0.717, 1.165) is 11.5 Å². The Bertz CT molecular complexity index is 436. The zero-order valence-electron chi connectivity index (χ0n) is 9.26. The molecule has 0 saturated carbocycles. The average molecular weight is 217 g/mol. The lowest BCUT2D eigenvalue weighted by Gasteiger charge is -2.06. The monoisotopic (exact) mass is 217 g/mol. The molecule has 2 aromatic rings. The van der Waals surface area contributed by atoms with Crippen LogP contribution >= 0.6 is 0 Å². The molecule has 16 heavy (non-hydrogen) atoms. The zero-order valence-corrected chi connectivity index (χ0v) is 9.26. The van der Waals surface area contributed by atoms with Crippen LogP contribution in [0, 0.1) is 0 Å². The summed E-state index contributed by atoms with van der Waals surface area (Å²) in [5.41, 5.74) is 2.13. The van der Waals surface area contributed by atoms with Gasteiger partial charge < -0.3 is 9.63 Å². The smallest absolute Gasteiger partial charge is 0.139 e. The third-order valence-corrected chi connectivity index (χ3v) is 2.68. The maximum atomic E-state index is 8.80. The molecule has 0 spiro atoms. The Kier molecular flexibility index (Phi) is 3.37. The van der Waals surface area contributed by atoms with Crippen molar-refractivity contribution in [2.75, 3.05) is 6.61 Å². The van der Waals surface area contributed by atoms with Crippen LogP contribution < -0.4 is 0 Å². The summed E-state index contributed by atoms with van der Waals surface area (Å²) in [6, 6.07) is 12.1. The Balaban J connectivity index is 2.17. The van der Waals surface area contributed by atoms with E-state index in [0.29, 0.717) is 6.42 Å². The minimum Gasteiger partial charge on any atom is -0.396 e. The summed E-state index contributed by atoms with van der Waals surface area (Å²) in [6.07, 6.45) is 0.522. The number of aliphatic hydroxyl groups excluding tert-OH is 1. The van der Waals surface area contributed by atoms with Crippen molar-refractivity contribution in [1.82, 2.24) is 5.16 Å². The lowest BCUT2D eigenvalue weighted by atomic mass is 9.98. The molecule has 1 aromatic carbocycles. The Morgan fingerprint density at radius 3 is 2.75 bits per heavy atom. The molecule has 1 heterocycles. The van der Waals surface area contributed by atoms with Gasteiger partial charge in [0.2, 0.25) is 0 Å². The van der Waals surface area contributed by atoms with Crippen molar-refractivity contribution in [1.29, 1.82) is 0 Å². The molecular weight excluding hydrogens is 202 g/mol. The number of aliphatic hydroxyl groups is 1. The SMILES string of the molecule is CC(c1ccccc1)c1cc(CCO)on1. The van der Waals surface area contributed by atoms with Crippen molar-refractivity contribution >= 4 is 0 Å².